The highest BCUT2D eigenvalue weighted by atomic mass is 16.5. The molecule has 0 radical (unpaired) electrons. The second-order valence-electron chi connectivity index (χ2n) is 5.47. The number of nitrogens with two attached hydrogens (primary N) is 1. The van der Waals surface area contributed by atoms with Gasteiger partial charge in [0.2, 0.25) is 0 Å². The van der Waals surface area contributed by atoms with Gasteiger partial charge < -0.3 is 20.3 Å². The van der Waals surface area contributed by atoms with Gasteiger partial charge in [0.1, 0.15) is 12.4 Å². The maximum Gasteiger partial charge on any atom is 0.121 e. The lowest BCUT2D eigenvalue weighted by Crippen LogP contribution is -2.39. The summed E-state index contributed by atoms with van der Waals surface area (Å²) in [5, 5.41) is 0. The normalized spacial score (nSPS) is 16.9. The summed E-state index contributed by atoms with van der Waals surface area (Å²) in [7, 11) is 4.10. The largest absolute Gasteiger partial charge is 0.492 e. The molecule has 1 saturated heterocycles. The first-order valence-corrected chi connectivity index (χ1v) is 7.03. The summed E-state index contributed by atoms with van der Waals surface area (Å²) in [6, 6.07) is 8.74. The van der Waals surface area contributed by atoms with Gasteiger partial charge in [-0.3, -0.25) is 0 Å². The standard InChI is InChI=1S/C15H25N3O/c1-17(2)10-11-19-15-5-3-4-14(12-15)18-8-6-13(16)7-9-18/h3-5,12-13H,6-11,16H2,1-2H3. The number of hydrogen-bond donors (Lipinski definition) is 1. The van der Waals surface area contributed by atoms with Crippen LogP contribution in [0.4, 0.5) is 5.69 Å². The quantitative estimate of drug-likeness (QED) is 0.875. The van der Waals surface area contributed by atoms with Crippen LogP contribution in [0.3, 0.4) is 0 Å². The Hall–Kier alpha value is -1.26. The molecule has 0 aliphatic carbocycles. The Labute approximate surface area is 116 Å². The molecule has 1 aromatic carbocycles. The van der Waals surface area contributed by atoms with Gasteiger partial charge in [0.05, 0.1) is 0 Å². The summed E-state index contributed by atoms with van der Waals surface area (Å²) in [5.74, 6) is 0.953. The van der Waals surface area contributed by atoms with E-state index >= 15 is 0 Å². The van der Waals surface area contributed by atoms with Crippen LogP contribution in [0.1, 0.15) is 12.8 Å². The highest BCUT2D eigenvalue weighted by Crippen LogP contribution is 2.23. The molecule has 4 nitrogen and oxygen atoms in total. The van der Waals surface area contributed by atoms with Crippen LogP contribution in [0, 0.1) is 0 Å². The molecule has 0 bridgehead atoms. The smallest absolute Gasteiger partial charge is 0.121 e. The average molecular weight is 263 g/mol. The summed E-state index contributed by atoms with van der Waals surface area (Å²) in [4.78, 5) is 4.51. The molecular formula is C15H25N3O. The molecule has 0 saturated carbocycles. The zero-order chi connectivity index (χ0) is 13.7. The van der Waals surface area contributed by atoms with Crippen molar-refractivity contribution in [3.05, 3.63) is 24.3 Å². The Morgan fingerprint density at radius 1 is 1.32 bits per heavy atom. The predicted molar refractivity (Wildman–Crippen MR) is 79.9 cm³/mol. The van der Waals surface area contributed by atoms with E-state index in [1.54, 1.807) is 0 Å². The molecule has 1 aromatic rings. The third kappa shape index (κ3) is 4.40. The van der Waals surface area contributed by atoms with Gasteiger partial charge >= 0.3 is 0 Å². The van der Waals surface area contributed by atoms with E-state index < -0.39 is 0 Å². The Morgan fingerprint density at radius 2 is 2.05 bits per heavy atom. The van der Waals surface area contributed by atoms with Crippen molar-refractivity contribution in [1.29, 1.82) is 0 Å². The van der Waals surface area contributed by atoms with Crippen molar-refractivity contribution < 1.29 is 4.74 Å². The second-order valence-corrected chi connectivity index (χ2v) is 5.47. The first-order chi connectivity index (χ1) is 9.15. The zero-order valence-electron chi connectivity index (χ0n) is 12.0. The monoisotopic (exact) mass is 263 g/mol. The van der Waals surface area contributed by atoms with Crippen molar-refractivity contribution in [3.8, 4) is 5.75 Å². The molecule has 4 heteroatoms. The van der Waals surface area contributed by atoms with Crippen molar-refractivity contribution in [1.82, 2.24) is 4.90 Å². The minimum atomic E-state index is 0.371. The summed E-state index contributed by atoms with van der Waals surface area (Å²) in [6.07, 6.45) is 2.15. The molecular weight excluding hydrogens is 238 g/mol. The maximum atomic E-state index is 5.94. The molecule has 2 rings (SSSR count). The van der Waals surface area contributed by atoms with Gasteiger partial charge in [0.25, 0.3) is 0 Å². The van der Waals surface area contributed by atoms with Crippen molar-refractivity contribution in [2.75, 3.05) is 45.2 Å². The summed E-state index contributed by atoms with van der Waals surface area (Å²) in [6.45, 7) is 3.74. The number of benzene rings is 1. The van der Waals surface area contributed by atoms with Crippen LogP contribution in [0.15, 0.2) is 24.3 Å². The summed E-state index contributed by atoms with van der Waals surface area (Å²) < 4.78 is 5.78. The van der Waals surface area contributed by atoms with Crippen LogP contribution in [0.2, 0.25) is 0 Å². The zero-order valence-corrected chi connectivity index (χ0v) is 12.0. The minimum Gasteiger partial charge on any atom is -0.492 e. The van der Waals surface area contributed by atoms with Crippen LogP contribution in [-0.2, 0) is 0 Å². The number of anilines is 1. The molecule has 1 aliphatic heterocycles. The number of piperidine rings is 1. The molecule has 0 atom stereocenters. The van der Waals surface area contributed by atoms with E-state index in [1.165, 1.54) is 5.69 Å². The Kier molecular flexibility index (Phi) is 5.05. The third-order valence-electron chi connectivity index (χ3n) is 3.53. The molecule has 0 amide bonds. The van der Waals surface area contributed by atoms with Crippen LogP contribution in [0.25, 0.3) is 0 Å². The van der Waals surface area contributed by atoms with Gasteiger partial charge in [-0.25, -0.2) is 0 Å². The van der Waals surface area contributed by atoms with Crippen LogP contribution in [0.5, 0.6) is 5.75 Å². The van der Waals surface area contributed by atoms with E-state index in [0.29, 0.717) is 6.04 Å². The van der Waals surface area contributed by atoms with Crippen molar-refractivity contribution in [3.63, 3.8) is 0 Å². The lowest BCUT2D eigenvalue weighted by molar-refractivity contribution is 0.261. The molecule has 0 aromatic heterocycles. The first kappa shape index (κ1) is 14.2. The number of ether oxygens (including phenoxy) is 1. The fraction of sp³-hybridized carbons (Fsp3) is 0.600. The molecule has 2 N–H and O–H groups in total. The van der Waals surface area contributed by atoms with E-state index in [1.807, 2.05) is 6.07 Å². The van der Waals surface area contributed by atoms with Gasteiger partial charge in [-0.05, 0) is 39.1 Å². The molecule has 0 unspecified atom stereocenters. The van der Waals surface area contributed by atoms with Crippen molar-refractivity contribution >= 4 is 5.69 Å². The first-order valence-electron chi connectivity index (χ1n) is 7.03. The van der Waals surface area contributed by atoms with E-state index in [2.05, 4.69) is 42.1 Å². The van der Waals surface area contributed by atoms with E-state index in [0.717, 1.165) is 44.8 Å². The van der Waals surface area contributed by atoms with E-state index in [-0.39, 0.29) is 0 Å². The number of rotatable bonds is 5. The van der Waals surface area contributed by atoms with Crippen LogP contribution < -0.4 is 15.4 Å². The van der Waals surface area contributed by atoms with Crippen molar-refractivity contribution in [2.45, 2.75) is 18.9 Å². The van der Waals surface area contributed by atoms with Gasteiger partial charge in [0, 0.05) is 37.4 Å². The predicted octanol–water partition coefficient (Wildman–Crippen LogP) is 1.55. The fourth-order valence-electron chi connectivity index (χ4n) is 2.27. The average Bonchev–Trinajstić information content (AvgIpc) is 2.39. The number of nitrogens with zero attached hydrogens (tertiary/aromatic N) is 2. The van der Waals surface area contributed by atoms with Gasteiger partial charge in [-0.15, -0.1) is 0 Å². The summed E-state index contributed by atoms with van der Waals surface area (Å²) in [5.41, 5.74) is 7.19. The Bertz CT molecular complexity index is 387. The molecule has 106 valence electrons. The second kappa shape index (κ2) is 6.78. The maximum absolute atomic E-state index is 5.94. The highest BCUT2D eigenvalue weighted by Gasteiger charge is 2.16. The SMILES string of the molecule is CN(C)CCOc1cccc(N2CCC(N)CC2)c1. The minimum absolute atomic E-state index is 0.371. The van der Waals surface area contributed by atoms with Gasteiger partial charge in [-0.1, -0.05) is 6.07 Å². The highest BCUT2D eigenvalue weighted by molar-refractivity contribution is 5.51. The third-order valence-corrected chi connectivity index (χ3v) is 3.53. The molecule has 19 heavy (non-hydrogen) atoms. The lowest BCUT2D eigenvalue weighted by atomic mass is 10.1. The fourth-order valence-corrected chi connectivity index (χ4v) is 2.27. The van der Waals surface area contributed by atoms with Crippen LogP contribution in [-0.4, -0.2) is 51.3 Å². The van der Waals surface area contributed by atoms with Crippen molar-refractivity contribution in [2.24, 2.45) is 5.73 Å². The summed E-state index contributed by atoms with van der Waals surface area (Å²) >= 11 is 0. The van der Waals surface area contributed by atoms with E-state index in [4.69, 9.17) is 10.5 Å². The number of hydrogen-bond acceptors (Lipinski definition) is 4. The Morgan fingerprint density at radius 3 is 2.74 bits per heavy atom. The Balaban J connectivity index is 1.91. The molecule has 1 heterocycles. The lowest BCUT2D eigenvalue weighted by Gasteiger charge is -2.32. The van der Waals surface area contributed by atoms with Gasteiger partial charge in [0.15, 0.2) is 0 Å². The number of likely N-dealkylation sites (N-methyl/N-ethyl adjacent to an activating group) is 1. The van der Waals surface area contributed by atoms with E-state index in [9.17, 15) is 0 Å². The topological polar surface area (TPSA) is 41.7 Å². The van der Waals surface area contributed by atoms with Crippen LogP contribution >= 0.6 is 0 Å². The van der Waals surface area contributed by atoms with Gasteiger partial charge in [-0.2, -0.15) is 0 Å². The molecule has 0 spiro atoms. The molecule has 1 aliphatic rings. The molecule has 1 fully saturated rings.